The van der Waals surface area contributed by atoms with Crippen LogP contribution in [-0.2, 0) is 53.0 Å². The van der Waals surface area contributed by atoms with E-state index in [2.05, 4.69) is 93.5 Å². The molecule has 0 spiro atoms. The van der Waals surface area contributed by atoms with Crippen LogP contribution in [0, 0.1) is 47.3 Å². The van der Waals surface area contributed by atoms with Crippen molar-refractivity contribution in [1.29, 1.82) is 0 Å². The van der Waals surface area contributed by atoms with E-state index in [0.29, 0.717) is 51.5 Å². The second kappa shape index (κ2) is 41.3. The summed E-state index contributed by atoms with van der Waals surface area (Å²) in [6.45, 7) is 26.6. The Balaban J connectivity index is 1.37. The molecule has 1 heterocycles. The van der Waals surface area contributed by atoms with Gasteiger partial charge in [0.15, 0.2) is 6.29 Å². The highest BCUT2D eigenvalue weighted by Gasteiger charge is 2.49. The van der Waals surface area contributed by atoms with E-state index in [-0.39, 0.29) is 19.3 Å². The number of benzene rings is 3. The van der Waals surface area contributed by atoms with Crippen LogP contribution in [0.4, 0.5) is 0 Å². The van der Waals surface area contributed by atoms with Gasteiger partial charge in [-0.05, 0) is 76.9 Å². The summed E-state index contributed by atoms with van der Waals surface area (Å²) in [5.74, 6) is 6.04. The van der Waals surface area contributed by atoms with Crippen LogP contribution in [0.2, 0.25) is 0 Å². The molecule has 0 aromatic heterocycles. The molecule has 3 aromatic rings. The number of rotatable bonds is 46. The van der Waals surface area contributed by atoms with Crippen LogP contribution in [-0.4, -0.2) is 75.0 Å². The fraction of sp³-hybridized carbons (Fsp3) is 0.743. The first-order valence-electron chi connectivity index (χ1n) is 31.8. The maximum atomic E-state index is 11.0. The van der Waals surface area contributed by atoms with Gasteiger partial charge in [0.1, 0.15) is 30.5 Å². The third-order valence-electron chi connectivity index (χ3n) is 16.6. The van der Waals surface area contributed by atoms with Crippen molar-refractivity contribution in [3.05, 3.63) is 108 Å². The average molecular weight is 1090 g/mol. The third-order valence-corrected chi connectivity index (χ3v) is 16.6. The minimum absolute atomic E-state index is 0.237. The molecule has 0 bridgehead atoms. The van der Waals surface area contributed by atoms with Crippen molar-refractivity contribution < 1.29 is 38.3 Å². The minimum Gasteiger partial charge on any atom is -0.394 e. The summed E-state index contributed by atoms with van der Waals surface area (Å²) < 4.78 is 47.0. The fourth-order valence-corrected chi connectivity index (χ4v) is 11.2. The summed E-state index contributed by atoms with van der Waals surface area (Å²) >= 11 is 0. The average Bonchev–Trinajstić information content (AvgIpc) is 3.45. The second-order valence-corrected chi connectivity index (χ2v) is 25.5. The molecule has 78 heavy (non-hydrogen) atoms. The smallest absolute Gasteiger partial charge is 0.187 e. The number of ether oxygens (including phenoxy) is 7. The number of aliphatic hydroxyl groups excluding tert-OH is 1. The molecule has 0 radical (unpaired) electrons. The summed E-state index contributed by atoms with van der Waals surface area (Å²) in [6, 6.07) is 30.4. The largest absolute Gasteiger partial charge is 0.394 e. The maximum absolute atomic E-state index is 11.0. The van der Waals surface area contributed by atoms with Crippen LogP contribution in [0.3, 0.4) is 0 Å². The highest BCUT2D eigenvalue weighted by atomic mass is 16.7. The summed E-state index contributed by atoms with van der Waals surface area (Å²) in [4.78, 5) is 0. The highest BCUT2D eigenvalue weighted by molar-refractivity contribution is 5.16. The number of aliphatic hydroxyl groups is 1. The van der Waals surface area contributed by atoms with E-state index >= 15 is 0 Å². The number of hydrogen-bond donors (Lipinski definition) is 1. The van der Waals surface area contributed by atoms with Gasteiger partial charge in [-0.15, -0.1) is 0 Å². The predicted molar refractivity (Wildman–Crippen MR) is 324 cm³/mol. The zero-order valence-electron chi connectivity index (χ0n) is 51.3. The molecule has 1 fully saturated rings. The molecule has 12 atom stereocenters. The van der Waals surface area contributed by atoms with Crippen molar-refractivity contribution in [2.24, 2.45) is 47.3 Å². The van der Waals surface area contributed by atoms with Crippen LogP contribution in [0.5, 0.6) is 0 Å². The Morgan fingerprint density at radius 1 is 0.385 bits per heavy atom. The predicted octanol–water partition coefficient (Wildman–Crippen LogP) is 17.8. The van der Waals surface area contributed by atoms with E-state index in [4.69, 9.17) is 33.2 Å². The molecular weight excluding hydrogens is 969 g/mol. The molecule has 1 aliphatic rings. The van der Waals surface area contributed by atoms with Crippen LogP contribution in [0.15, 0.2) is 91.0 Å². The van der Waals surface area contributed by atoms with Gasteiger partial charge >= 0.3 is 0 Å². The summed E-state index contributed by atoms with van der Waals surface area (Å²) in [5, 5.41) is 11.0. The van der Waals surface area contributed by atoms with Gasteiger partial charge in [0, 0.05) is 13.2 Å². The van der Waals surface area contributed by atoms with Gasteiger partial charge < -0.3 is 38.3 Å². The van der Waals surface area contributed by atoms with E-state index in [1.54, 1.807) is 0 Å². The van der Waals surface area contributed by atoms with Crippen LogP contribution in [0.25, 0.3) is 0 Å². The van der Waals surface area contributed by atoms with Crippen molar-refractivity contribution >= 4 is 0 Å². The van der Waals surface area contributed by atoms with Crippen LogP contribution >= 0.6 is 0 Å². The molecule has 0 aliphatic carbocycles. The molecule has 8 nitrogen and oxygen atoms in total. The zero-order valence-corrected chi connectivity index (χ0v) is 51.3. The number of hydrogen-bond acceptors (Lipinski definition) is 8. The molecule has 8 heteroatoms. The van der Waals surface area contributed by atoms with E-state index in [1.165, 1.54) is 116 Å². The summed E-state index contributed by atoms with van der Waals surface area (Å²) in [7, 11) is 0. The van der Waals surface area contributed by atoms with E-state index in [9.17, 15) is 5.11 Å². The normalized spacial score (nSPS) is 20.7. The Kier molecular flexibility index (Phi) is 36.0. The van der Waals surface area contributed by atoms with E-state index in [0.717, 1.165) is 65.0 Å². The first kappa shape index (κ1) is 67.8. The molecule has 1 saturated heterocycles. The third kappa shape index (κ3) is 30.4. The van der Waals surface area contributed by atoms with Gasteiger partial charge in [0.2, 0.25) is 0 Å². The first-order chi connectivity index (χ1) is 37.8. The quantitative estimate of drug-likeness (QED) is 0.0560. The van der Waals surface area contributed by atoms with E-state index in [1.807, 2.05) is 66.7 Å². The molecule has 444 valence electrons. The van der Waals surface area contributed by atoms with Crippen molar-refractivity contribution in [3.63, 3.8) is 0 Å². The molecular formula is C70H116O8. The zero-order chi connectivity index (χ0) is 56.2. The van der Waals surface area contributed by atoms with Gasteiger partial charge in [0.25, 0.3) is 0 Å². The van der Waals surface area contributed by atoms with Crippen molar-refractivity contribution in [2.45, 2.75) is 254 Å². The first-order valence-corrected chi connectivity index (χ1v) is 31.8. The molecule has 3 aromatic carbocycles. The van der Waals surface area contributed by atoms with Gasteiger partial charge in [-0.1, -0.05) is 276 Å². The molecule has 0 amide bonds. The molecule has 0 unspecified atom stereocenters. The maximum Gasteiger partial charge on any atom is 0.187 e. The van der Waals surface area contributed by atoms with Gasteiger partial charge in [-0.25, -0.2) is 0 Å². The van der Waals surface area contributed by atoms with Crippen molar-refractivity contribution in [2.75, 3.05) is 33.0 Å². The minimum atomic E-state index is -0.871. The lowest BCUT2D eigenvalue weighted by Crippen LogP contribution is -2.62. The Morgan fingerprint density at radius 2 is 0.731 bits per heavy atom. The summed E-state index contributed by atoms with van der Waals surface area (Å²) in [5.41, 5.74) is 3.07. The van der Waals surface area contributed by atoms with Gasteiger partial charge in [0.05, 0.1) is 39.6 Å². The Morgan fingerprint density at radius 3 is 1.12 bits per heavy atom. The molecule has 4 rings (SSSR count). The van der Waals surface area contributed by atoms with Crippen LogP contribution < -0.4 is 0 Å². The van der Waals surface area contributed by atoms with Crippen molar-refractivity contribution in [1.82, 2.24) is 0 Å². The van der Waals surface area contributed by atoms with E-state index < -0.39 is 30.7 Å². The van der Waals surface area contributed by atoms with Crippen molar-refractivity contribution in [3.8, 4) is 0 Å². The lowest BCUT2D eigenvalue weighted by molar-refractivity contribution is -0.330. The Hall–Kier alpha value is -2.66. The van der Waals surface area contributed by atoms with Gasteiger partial charge in [-0.3, -0.25) is 0 Å². The molecule has 1 aliphatic heterocycles. The standard InChI is InChI=1S/C70H116O8/c1-54(2)26-20-28-56(5)30-22-32-58(7)34-24-36-60(9)44-46-72-52-65(73-47-45-61(10)37-25-35-59(8)33-23-31-57(6)29-21-27-55(3)4)53-77-70-69(76-51-64-42-18-13-19-43-64)68(75-50-63-40-16-12-17-41-63)67(66(48-71)78-70)74-49-62-38-14-11-15-39-62/h11-19,38-43,54-61,65-71H,20-37,44-53H2,1-10H3/t56-,57-,58-,59-,60-,61-,65-,66-,67-,68+,69-,70+/m1/s1. The Bertz CT molecular complexity index is 1830. The Labute approximate surface area is 478 Å². The lowest BCUT2D eigenvalue weighted by Gasteiger charge is -2.45. The fourth-order valence-electron chi connectivity index (χ4n) is 11.2. The molecule has 1 N–H and O–H groups in total. The monoisotopic (exact) mass is 1080 g/mol. The SMILES string of the molecule is CC(C)CCC[C@@H](C)CCC[C@@H](C)CCC[C@@H](C)CCOC[C@H](CO[C@H]1O[C@H](CO)[C@@H](OCc2ccccc2)[C@H](OCc2ccccc2)[C@H]1OCc1ccccc1)OCC[C@H](C)CCC[C@H](C)CCC[C@H](C)CCCC(C)C. The van der Waals surface area contributed by atoms with Crippen LogP contribution in [0.1, 0.15) is 214 Å². The molecule has 0 saturated carbocycles. The topological polar surface area (TPSA) is 84.8 Å². The summed E-state index contributed by atoms with van der Waals surface area (Å²) in [6.07, 6.45) is 22.1. The highest BCUT2D eigenvalue weighted by Crippen LogP contribution is 2.32. The van der Waals surface area contributed by atoms with Gasteiger partial charge in [-0.2, -0.15) is 0 Å². The lowest BCUT2D eigenvalue weighted by atomic mass is 9.91. The second-order valence-electron chi connectivity index (χ2n) is 25.5.